The molecule has 1 rings (SSSR count). The Balaban J connectivity index is 3.57. The zero-order chi connectivity index (χ0) is 12.3. The summed E-state index contributed by atoms with van der Waals surface area (Å²) in [5.74, 6) is -1.44. The van der Waals surface area contributed by atoms with E-state index in [0.717, 1.165) is 4.57 Å². The first-order valence-electron chi connectivity index (χ1n) is 4.71. The van der Waals surface area contributed by atoms with Crippen LogP contribution in [0.15, 0.2) is 22.2 Å². The monoisotopic (exact) mass is 223 g/mol. The van der Waals surface area contributed by atoms with E-state index in [1.165, 1.54) is 13.0 Å². The van der Waals surface area contributed by atoms with Crippen molar-refractivity contribution in [2.24, 2.45) is 0 Å². The summed E-state index contributed by atoms with van der Waals surface area (Å²) >= 11 is 0. The molecule has 6 heteroatoms. The molecule has 0 aliphatic carbocycles. The number of allylic oxidation sites excluding steroid dienone is 1. The quantitative estimate of drug-likeness (QED) is 0.544. The van der Waals surface area contributed by atoms with Gasteiger partial charge < -0.3 is 9.67 Å². The number of hydrogen-bond donors (Lipinski definition) is 1. The number of rotatable bonds is 4. The summed E-state index contributed by atoms with van der Waals surface area (Å²) < 4.78 is 0.761. The number of Topliss-reactive ketones (excluding diaryl/α,β-unsaturated/α-hetero) is 1. The molecule has 6 nitrogen and oxygen atoms in total. The van der Waals surface area contributed by atoms with Gasteiger partial charge in [0, 0.05) is 13.0 Å². The number of nitrogens with zero attached hydrogens (tertiary/aromatic N) is 1. The van der Waals surface area contributed by atoms with Crippen LogP contribution < -0.4 is 16.4 Å². The molecule has 1 aromatic rings. The fourth-order valence-corrected chi connectivity index (χ4v) is 1.27. The van der Waals surface area contributed by atoms with E-state index in [2.05, 4.69) is 6.58 Å². The van der Waals surface area contributed by atoms with Gasteiger partial charge in [0.15, 0.2) is 5.78 Å². The van der Waals surface area contributed by atoms with Gasteiger partial charge in [-0.05, 0) is 5.88 Å². The molecule has 0 amide bonds. The molecule has 0 radical (unpaired) electrons. The van der Waals surface area contributed by atoms with Crippen molar-refractivity contribution >= 4 is 5.78 Å². The molecule has 86 valence electrons. The van der Waals surface area contributed by atoms with Crippen molar-refractivity contribution in [2.45, 2.75) is 19.9 Å². The summed E-state index contributed by atoms with van der Waals surface area (Å²) in [6.45, 7) is 4.87. The fourth-order valence-electron chi connectivity index (χ4n) is 1.27. The van der Waals surface area contributed by atoms with Crippen molar-refractivity contribution in [3.63, 3.8) is 0 Å². The van der Waals surface area contributed by atoms with Crippen LogP contribution in [0.3, 0.4) is 0 Å². The molecular formula is C10H11N2O4-. The van der Waals surface area contributed by atoms with Crippen molar-refractivity contribution in [3.05, 3.63) is 39.1 Å². The summed E-state index contributed by atoms with van der Waals surface area (Å²) in [5.41, 5.74) is -2.26. The van der Waals surface area contributed by atoms with Crippen LogP contribution in [0.5, 0.6) is 5.88 Å². The molecule has 0 spiro atoms. The second kappa shape index (κ2) is 4.61. The number of nitrogens with one attached hydrogen (secondary N) is 1. The van der Waals surface area contributed by atoms with Gasteiger partial charge in [0.1, 0.15) is 0 Å². The zero-order valence-electron chi connectivity index (χ0n) is 8.78. The lowest BCUT2D eigenvalue weighted by molar-refractivity contribution is -0.280. The highest BCUT2D eigenvalue weighted by Gasteiger charge is 2.13. The molecule has 1 heterocycles. The number of carbonyl (C=O) groups is 1. The normalized spacial score (nSPS) is 10.1. The minimum Gasteiger partial charge on any atom is -0.859 e. The van der Waals surface area contributed by atoms with E-state index < -0.39 is 28.5 Å². The van der Waals surface area contributed by atoms with Gasteiger partial charge in [0.05, 0.1) is 5.56 Å². The van der Waals surface area contributed by atoms with Crippen LogP contribution in [-0.2, 0) is 6.54 Å². The maximum absolute atomic E-state index is 11.7. The van der Waals surface area contributed by atoms with Gasteiger partial charge in [-0.2, -0.15) is 0 Å². The SMILES string of the molecule is C=CCn1c([O-])c(C(=O)CC)c(=O)[nH]c1=O. The first-order valence-corrected chi connectivity index (χ1v) is 4.71. The van der Waals surface area contributed by atoms with Gasteiger partial charge in [-0.1, -0.05) is 13.0 Å². The molecule has 0 aliphatic heterocycles. The number of H-pyrrole nitrogens is 1. The average Bonchev–Trinajstić information content (AvgIpc) is 2.23. The van der Waals surface area contributed by atoms with Crippen LogP contribution in [0, 0.1) is 0 Å². The molecule has 0 atom stereocenters. The van der Waals surface area contributed by atoms with E-state index in [-0.39, 0.29) is 13.0 Å². The molecule has 0 unspecified atom stereocenters. The number of aromatic nitrogens is 2. The summed E-state index contributed by atoms with van der Waals surface area (Å²) in [6.07, 6.45) is 1.37. The lowest BCUT2D eigenvalue weighted by atomic mass is 10.1. The summed E-state index contributed by atoms with van der Waals surface area (Å²) in [5, 5.41) is 11.7. The second-order valence-electron chi connectivity index (χ2n) is 3.12. The smallest absolute Gasteiger partial charge is 0.328 e. The Morgan fingerprint density at radius 2 is 2.19 bits per heavy atom. The molecule has 1 aromatic heterocycles. The zero-order valence-corrected chi connectivity index (χ0v) is 8.78. The largest absolute Gasteiger partial charge is 0.859 e. The van der Waals surface area contributed by atoms with Gasteiger partial charge >= 0.3 is 5.69 Å². The lowest BCUT2D eigenvalue weighted by Gasteiger charge is -2.17. The second-order valence-corrected chi connectivity index (χ2v) is 3.12. The molecule has 16 heavy (non-hydrogen) atoms. The maximum Gasteiger partial charge on any atom is 0.328 e. The third-order valence-corrected chi connectivity index (χ3v) is 2.06. The highest BCUT2D eigenvalue weighted by molar-refractivity contribution is 5.97. The molecule has 0 saturated carbocycles. The van der Waals surface area contributed by atoms with E-state index in [1.807, 2.05) is 4.98 Å². The molecule has 0 aromatic carbocycles. The third kappa shape index (κ3) is 1.95. The summed E-state index contributed by atoms with van der Waals surface area (Å²) in [7, 11) is 0. The Morgan fingerprint density at radius 3 is 2.69 bits per heavy atom. The standard InChI is InChI=1S/C10H12N2O4/c1-3-5-12-9(15)7(6(13)4-2)8(14)11-10(12)16/h3,15H,1,4-5H2,2H3,(H,11,14,16)/p-1. The summed E-state index contributed by atoms with van der Waals surface area (Å²) in [6, 6.07) is 0. The van der Waals surface area contributed by atoms with Crippen molar-refractivity contribution in [3.8, 4) is 5.88 Å². The molecule has 0 saturated heterocycles. The van der Waals surface area contributed by atoms with Gasteiger partial charge in [-0.3, -0.25) is 14.6 Å². The Labute approximate surface area is 90.9 Å². The number of aromatic amines is 1. The third-order valence-electron chi connectivity index (χ3n) is 2.06. The van der Waals surface area contributed by atoms with E-state index in [4.69, 9.17) is 0 Å². The van der Waals surface area contributed by atoms with Gasteiger partial charge in [-0.25, -0.2) is 4.79 Å². The van der Waals surface area contributed by atoms with Gasteiger partial charge in [0.2, 0.25) is 0 Å². The van der Waals surface area contributed by atoms with Crippen LogP contribution in [0.25, 0.3) is 0 Å². The van der Waals surface area contributed by atoms with Crippen molar-refractivity contribution < 1.29 is 9.90 Å². The highest BCUT2D eigenvalue weighted by Crippen LogP contribution is 2.08. The van der Waals surface area contributed by atoms with E-state index in [9.17, 15) is 19.5 Å². The molecule has 0 fully saturated rings. The maximum atomic E-state index is 11.7. The number of hydrogen-bond acceptors (Lipinski definition) is 4. The Kier molecular flexibility index (Phi) is 3.44. The van der Waals surface area contributed by atoms with Gasteiger partial charge in [-0.15, -0.1) is 6.58 Å². The van der Waals surface area contributed by atoms with Crippen LogP contribution in [0.1, 0.15) is 23.7 Å². The minimum absolute atomic E-state index is 0.0324. The average molecular weight is 223 g/mol. The Bertz CT molecular complexity index is 539. The highest BCUT2D eigenvalue weighted by atomic mass is 16.3. The minimum atomic E-state index is -0.929. The predicted octanol–water partition coefficient (Wildman–Crippen LogP) is -0.611. The Morgan fingerprint density at radius 1 is 1.56 bits per heavy atom. The predicted molar refractivity (Wildman–Crippen MR) is 55.6 cm³/mol. The van der Waals surface area contributed by atoms with Crippen LogP contribution in [0.4, 0.5) is 0 Å². The van der Waals surface area contributed by atoms with Crippen LogP contribution in [0.2, 0.25) is 0 Å². The van der Waals surface area contributed by atoms with E-state index in [0.29, 0.717) is 0 Å². The molecule has 0 aliphatic rings. The van der Waals surface area contributed by atoms with E-state index >= 15 is 0 Å². The van der Waals surface area contributed by atoms with Crippen LogP contribution >= 0.6 is 0 Å². The van der Waals surface area contributed by atoms with E-state index in [1.54, 1.807) is 0 Å². The fraction of sp³-hybridized carbons (Fsp3) is 0.300. The topological polar surface area (TPSA) is 95.0 Å². The first kappa shape index (κ1) is 12.0. The lowest BCUT2D eigenvalue weighted by Crippen LogP contribution is -2.36. The van der Waals surface area contributed by atoms with Gasteiger partial charge in [0.25, 0.3) is 5.56 Å². The summed E-state index contributed by atoms with van der Waals surface area (Å²) in [4.78, 5) is 35.9. The molecular weight excluding hydrogens is 212 g/mol. The van der Waals surface area contributed by atoms with Crippen molar-refractivity contribution in [1.82, 2.24) is 9.55 Å². The molecule has 0 bridgehead atoms. The van der Waals surface area contributed by atoms with Crippen LogP contribution in [-0.4, -0.2) is 15.3 Å². The molecule has 1 N–H and O–H groups in total. The Hall–Kier alpha value is -2.11. The van der Waals surface area contributed by atoms with Crippen molar-refractivity contribution in [2.75, 3.05) is 0 Å². The number of ketones is 1. The number of carbonyl (C=O) groups excluding carboxylic acids is 1. The first-order chi connectivity index (χ1) is 7.52. The van der Waals surface area contributed by atoms with Crippen molar-refractivity contribution in [1.29, 1.82) is 0 Å².